The second kappa shape index (κ2) is 9.60. The van der Waals surface area contributed by atoms with Gasteiger partial charge in [0.05, 0.1) is 13.0 Å². The predicted octanol–water partition coefficient (Wildman–Crippen LogP) is 2.96. The summed E-state index contributed by atoms with van der Waals surface area (Å²) in [5.74, 6) is 0.304. The highest BCUT2D eigenvalue weighted by Crippen LogP contribution is 2.17. The summed E-state index contributed by atoms with van der Waals surface area (Å²) >= 11 is 1.64. The van der Waals surface area contributed by atoms with Crippen molar-refractivity contribution >= 4 is 23.6 Å². The van der Waals surface area contributed by atoms with Crippen molar-refractivity contribution in [1.29, 1.82) is 0 Å². The zero-order valence-corrected chi connectivity index (χ0v) is 15.5. The lowest BCUT2D eigenvalue weighted by Crippen LogP contribution is -2.43. The summed E-state index contributed by atoms with van der Waals surface area (Å²) in [5.41, 5.74) is 4.43. The number of carbonyl (C=O) groups is 2. The summed E-state index contributed by atoms with van der Waals surface area (Å²) in [4.78, 5) is 24.3. The van der Waals surface area contributed by atoms with Gasteiger partial charge in [-0.25, -0.2) is 4.79 Å². The maximum absolute atomic E-state index is 12.4. The van der Waals surface area contributed by atoms with Crippen molar-refractivity contribution in [2.24, 2.45) is 0 Å². The Balaban J connectivity index is 2.77. The minimum absolute atomic E-state index is 0.140. The Labute approximate surface area is 143 Å². The first-order valence-corrected chi connectivity index (χ1v) is 9.30. The standard InChI is InChI=1S/C18H27NO3S/c1-6-22-18(21)16(7-8-23-5)19-17(20)11-15-13(3)9-12(2)10-14(15)4/h9-10,16H,6-8,11H2,1-5H3,(H,19,20). The van der Waals surface area contributed by atoms with Gasteiger partial charge >= 0.3 is 5.97 Å². The number of hydrogen-bond donors (Lipinski definition) is 1. The van der Waals surface area contributed by atoms with Gasteiger partial charge in [-0.15, -0.1) is 0 Å². The lowest BCUT2D eigenvalue weighted by atomic mass is 9.97. The summed E-state index contributed by atoms with van der Waals surface area (Å²) < 4.78 is 5.05. The van der Waals surface area contributed by atoms with Crippen molar-refractivity contribution in [2.75, 3.05) is 18.6 Å². The second-order valence-electron chi connectivity index (χ2n) is 5.71. The molecule has 4 nitrogen and oxygen atoms in total. The molecule has 128 valence electrons. The van der Waals surface area contributed by atoms with Gasteiger partial charge in [0.2, 0.25) is 5.91 Å². The second-order valence-corrected chi connectivity index (χ2v) is 6.69. The predicted molar refractivity (Wildman–Crippen MR) is 95.9 cm³/mol. The van der Waals surface area contributed by atoms with Crippen LogP contribution in [0.1, 0.15) is 35.6 Å². The van der Waals surface area contributed by atoms with Gasteiger partial charge < -0.3 is 10.1 Å². The number of thioether (sulfide) groups is 1. The van der Waals surface area contributed by atoms with Crippen LogP contribution >= 0.6 is 11.8 Å². The van der Waals surface area contributed by atoms with Crippen molar-refractivity contribution in [3.63, 3.8) is 0 Å². The monoisotopic (exact) mass is 337 g/mol. The van der Waals surface area contributed by atoms with E-state index in [0.717, 1.165) is 22.4 Å². The molecule has 0 aliphatic carbocycles. The SMILES string of the molecule is CCOC(=O)C(CCSC)NC(=O)Cc1c(C)cc(C)cc1C. The number of benzene rings is 1. The first-order valence-electron chi connectivity index (χ1n) is 7.90. The van der Waals surface area contributed by atoms with Crippen LogP contribution < -0.4 is 5.32 Å². The minimum Gasteiger partial charge on any atom is -0.464 e. The maximum Gasteiger partial charge on any atom is 0.328 e. The van der Waals surface area contributed by atoms with Crippen molar-refractivity contribution in [1.82, 2.24) is 5.32 Å². The highest BCUT2D eigenvalue weighted by Gasteiger charge is 2.22. The molecule has 1 rings (SSSR count). The molecular formula is C18H27NO3S. The highest BCUT2D eigenvalue weighted by molar-refractivity contribution is 7.98. The van der Waals surface area contributed by atoms with E-state index in [0.29, 0.717) is 13.0 Å². The Kier molecular flexibility index (Phi) is 8.17. The Morgan fingerprint density at radius 2 is 1.83 bits per heavy atom. The molecule has 0 heterocycles. The maximum atomic E-state index is 12.4. The van der Waals surface area contributed by atoms with E-state index in [1.807, 2.05) is 27.0 Å². The van der Waals surface area contributed by atoms with Gasteiger partial charge in [0.1, 0.15) is 6.04 Å². The zero-order valence-electron chi connectivity index (χ0n) is 14.7. The van der Waals surface area contributed by atoms with Crippen molar-refractivity contribution in [2.45, 2.75) is 46.6 Å². The fourth-order valence-electron chi connectivity index (χ4n) is 2.62. The number of rotatable bonds is 8. The molecule has 0 saturated heterocycles. The van der Waals surface area contributed by atoms with Crippen LogP contribution in [0.25, 0.3) is 0 Å². The van der Waals surface area contributed by atoms with Gasteiger partial charge in [-0.1, -0.05) is 17.7 Å². The molecule has 1 unspecified atom stereocenters. The Morgan fingerprint density at radius 1 is 1.22 bits per heavy atom. The van der Waals surface area contributed by atoms with Gasteiger partial charge in [-0.3, -0.25) is 4.79 Å². The summed E-state index contributed by atoms with van der Waals surface area (Å²) in [6, 6.07) is 3.58. The largest absolute Gasteiger partial charge is 0.464 e. The number of nitrogens with one attached hydrogen (secondary N) is 1. The quantitative estimate of drug-likeness (QED) is 0.741. The molecule has 0 radical (unpaired) electrons. The molecule has 1 amide bonds. The minimum atomic E-state index is -0.569. The molecular weight excluding hydrogens is 310 g/mol. The third-order valence-electron chi connectivity index (χ3n) is 3.69. The zero-order chi connectivity index (χ0) is 17.4. The van der Waals surface area contributed by atoms with Crippen LogP contribution in [0.15, 0.2) is 12.1 Å². The summed E-state index contributed by atoms with van der Waals surface area (Å²) in [6.07, 6.45) is 2.84. The number of esters is 1. The van der Waals surface area contributed by atoms with Crippen LogP contribution in [-0.4, -0.2) is 36.5 Å². The fourth-order valence-corrected chi connectivity index (χ4v) is 3.09. The molecule has 0 bridgehead atoms. The molecule has 0 spiro atoms. The van der Waals surface area contributed by atoms with Gasteiger partial charge in [0.15, 0.2) is 0 Å². The first kappa shape index (κ1) is 19.6. The number of amides is 1. The Morgan fingerprint density at radius 3 is 2.35 bits per heavy atom. The lowest BCUT2D eigenvalue weighted by molar-refractivity contribution is -0.147. The number of aryl methyl sites for hydroxylation is 3. The molecule has 1 atom stereocenters. The van der Waals surface area contributed by atoms with Crippen LogP contribution in [0, 0.1) is 20.8 Å². The van der Waals surface area contributed by atoms with E-state index in [-0.39, 0.29) is 18.3 Å². The smallest absolute Gasteiger partial charge is 0.328 e. The summed E-state index contributed by atoms with van der Waals surface area (Å²) in [7, 11) is 0. The first-order chi connectivity index (χ1) is 10.9. The average molecular weight is 337 g/mol. The summed E-state index contributed by atoms with van der Waals surface area (Å²) in [6.45, 7) is 8.16. The van der Waals surface area contributed by atoms with Crippen LogP contribution in [-0.2, 0) is 20.7 Å². The normalized spacial score (nSPS) is 11.9. The van der Waals surface area contributed by atoms with Crippen LogP contribution in [0.5, 0.6) is 0 Å². The van der Waals surface area contributed by atoms with Crippen molar-refractivity contribution in [3.05, 3.63) is 34.4 Å². The van der Waals surface area contributed by atoms with E-state index < -0.39 is 6.04 Å². The molecule has 0 aliphatic heterocycles. The third kappa shape index (κ3) is 6.26. The van der Waals surface area contributed by atoms with E-state index in [2.05, 4.69) is 17.4 Å². The van der Waals surface area contributed by atoms with Crippen LogP contribution in [0.4, 0.5) is 0 Å². The van der Waals surface area contributed by atoms with Crippen molar-refractivity contribution in [3.8, 4) is 0 Å². The average Bonchev–Trinajstić information content (AvgIpc) is 2.47. The molecule has 1 aromatic carbocycles. The summed E-state index contributed by atoms with van der Waals surface area (Å²) in [5, 5.41) is 2.83. The van der Waals surface area contributed by atoms with Gasteiger partial charge in [-0.05, 0) is 62.8 Å². The van der Waals surface area contributed by atoms with Gasteiger partial charge in [-0.2, -0.15) is 11.8 Å². The topological polar surface area (TPSA) is 55.4 Å². The number of hydrogen-bond acceptors (Lipinski definition) is 4. The molecule has 1 N–H and O–H groups in total. The molecule has 1 aromatic rings. The van der Waals surface area contributed by atoms with E-state index in [9.17, 15) is 9.59 Å². The Bertz CT molecular complexity index is 534. The van der Waals surface area contributed by atoms with E-state index >= 15 is 0 Å². The fraction of sp³-hybridized carbons (Fsp3) is 0.556. The molecule has 23 heavy (non-hydrogen) atoms. The van der Waals surface area contributed by atoms with Crippen molar-refractivity contribution < 1.29 is 14.3 Å². The number of ether oxygens (including phenoxy) is 1. The Hall–Kier alpha value is -1.49. The molecule has 0 fully saturated rings. The molecule has 5 heteroatoms. The lowest BCUT2D eigenvalue weighted by Gasteiger charge is -2.18. The molecule has 0 saturated carbocycles. The van der Waals surface area contributed by atoms with Crippen LogP contribution in [0.3, 0.4) is 0 Å². The molecule has 0 aromatic heterocycles. The van der Waals surface area contributed by atoms with E-state index in [1.54, 1.807) is 18.7 Å². The third-order valence-corrected chi connectivity index (χ3v) is 4.34. The van der Waals surface area contributed by atoms with E-state index in [1.165, 1.54) is 5.56 Å². The highest BCUT2D eigenvalue weighted by atomic mass is 32.2. The van der Waals surface area contributed by atoms with E-state index in [4.69, 9.17) is 4.74 Å². The van der Waals surface area contributed by atoms with Gasteiger partial charge in [0.25, 0.3) is 0 Å². The van der Waals surface area contributed by atoms with Crippen LogP contribution in [0.2, 0.25) is 0 Å². The molecule has 0 aliphatic rings. The number of carbonyl (C=O) groups excluding carboxylic acids is 2. The van der Waals surface area contributed by atoms with Gasteiger partial charge in [0, 0.05) is 0 Å².